The standard InChI is InChI=1S/C17H15NO3.C6H14N4O2.2Na/c1-11(17(20)21)12-6-8-14(9-7-12)18-10-13-4-2-3-5-15(13)16(18)19;7-4(5(11)12)2-1-3-10-6(8)9;;/h2-9,11H,10H2,1H3,(H,20,21);4H,1-3,7H2,(H,11,12)(H4,8,9,10);;/q;;2*+1/p-2/t;4-;;/m.0../s1. The summed E-state index contributed by atoms with van der Waals surface area (Å²) < 4.78 is 0. The van der Waals surface area contributed by atoms with Crippen LogP contribution in [0.5, 0.6) is 0 Å². The molecule has 0 aliphatic carbocycles. The van der Waals surface area contributed by atoms with E-state index in [1.54, 1.807) is 36.1 Å². The molecule has 0 fully saturated rings. The van der Waals surface area contributed by atoms with Crippen LogP contribution in [-0.4, -0.2) is 36.4 Å². The van der Waals surface area contributed by atoms with E-state index in [4.69, 9.17) is 17.2 Å². The van der Waals surface area contributed by atoms with Gasteiger partial charge in [0, 0.05) is 35.7 Å². The molecule has 1 amide bonds. The molecule has 1 heterocycles. The largest absolute Gasteiger partial charge is 1.00 e. The number of carboxylic acid groups (broad SMARTS) is 2. The third-order valence-electron chi connectivity index (χ3n) is 5.15. The van der Waals surface area contributed by atoms with Crippen molar-refractivity contribution in [2.24, 2.45) is 22.2 Å². The molecule has 6 N–H and O–H groups in total. The molecular weight excluding hydrogens is 472 g/mol. The van der Waals surface area contributed by atoms with Gasteiger partial charge in [0.2, 0.25) is 0 Å². The van der Waals surface area contributed by atoms with Crippen molar-refractivity contribution >= 4 is 29.5 Å². The van der Waals surface area contributed by atoms with Crippen LogP contribution in [0.2, 0.25) is 0 Å². The van der Waals surface area contributed by atoms with Gasteiger partial charge in [-0.05, 0) is 42.2 Å². The average Bonchev–Trinajstić information content (AvgIpc) is 3.13. The Balaban J connectivity index is 0.000000721. The number of rotatable bonds is 8. The van der Waals surface area contributed by atoms with Gasteiger partial charge in [-0.25, -0.2) is 0 Å². The number of carbonyl (C=O) groups is 3. The van der Waals surface area contributed by atoms with Crippen molar-refractivity contribution in [2.75, 3.05) is 11.4 Å². The van der Waals surface area contributed by atoms with Crippen molar-refractivity contribution in [1.29, 1.82) is 0 Å². The summed E-state index contributed by atoms with van der Waals surface area (Å²) in [6.07, 6.45) is 0.853. The summed E-state index contributed by atoms with van der Waals surface area (Å²) in [6, 6.07) is 13.6. The molecule has 1 aliphatic heterocycles. The Kier molecular flexibility index (Phi) is 15.1. The van der Waals surface area contributed by atoms with Crippen LogP contribution in [0.3, 0.4) is 0 Å². The number of nitrogens with two attached hydrogens (primary N) is 3. The predicted molar refractivity (Wildman–Crippen MR) is 120 cm³/mol. The number of anilines is 1. The number of carboxylic acids is 2. The van der Waals surface area contributed by atoms with Crippen molar-refractivity contribution in [1.82, 2.24) is 0 Å². The number of guanidine groups is 1. The maximum atomic E-state index is 12.3. The van der Waals surface area contributed by atoms with Crippen molar-refractivity contribution < 1.29 is 83.7 Å². The minimum absolute atomic E-state index is 0. The molecule has 176 valence electrons. The van der Waals surface area contributed by atoms with Gasteiger partial charge in [-0.3, -0.25) is 9.79 Å². The second-order valence-corrected chi connectivity index (χ2v) is 7.56. The minimum Gasteiger partial charge on any atom is -0.550 e. The molecule has 0 spiro atoms. The number of hydrogen-bond acceptors (Lipinski definition) is 7. The number of benzene rings is 2. The molecule has 12 heteroatoms. The second-order valence-electron chi connectivity index (χ2n) is 7.56. The minimum atomic E-state index is -1.25. The van der Waals surface area contributed by atoms with Gasteiger partial charge >= 0.3 is 59.1 Å². The fraction of sp³-hybridized carbons (Fsp3) is 0.304. The third kappa shape index (κ3) is 9.92. The number of nitrogens with zero attached hydrogens (tertiary/aromatic N) is 2. The number of fused-ring (bicyclic) bond motifs is 1. The van der Waals surface area contributed by atoms with E-state index >= 15 is 0 Å². The Labute approximate surface area is 248 Å². The molecule has 0 aromatic heterocycles. The Bertz CT molecular complexity index is 1030. The van der Waals surface area contributed by atoms with E-state index < -0.39 is 23.9 Å². The Morgan fingerprint density at radius 3 is 2.14 bits per heavy atom. The van der Waals surface area contributed by atoms with Gasteiger partial charge in [-0.2, -0.15) is 0 Å². The molecule has 10 nitrogen and oxygen atoms in total. The monoisotopic (exact) mass is 499 g/mol. The molecule has 35 heavy (non-hydrogen) atoms. The molecule has 1 unspecified atom stereocenters. The van der Waals surface area contributed by atoms with Gasteiger partial charge in [0.25, 0.3) is 5.91 Å². The zero-order chi connectivity index (χ0) is 24.5. The molecule has 1 aliphatic rings. The molecule has 2 atom stereocenters. The Morgan fingerprint density at radius 2 is 1.63 bits per heavy atom. The van der Waals surface area contributed by atoms with Gasteiger partial charge in [0.05, 0.1) is 12.5 Å². The smallest absolute Gasteiger partial charge is 0.550 e. The van der Waals surface area contributed by atoms with E-state index in [9.17, 15) is 24.6 Å². The number of aliphatic imine (C=N–C) groups is 1. The first-order valence-corrected chi connectivity index (χ1v) is 10.3. The maximum Gasteiger partial charge on any atom is 1.00 e. The molecular formula is C23H27N5Na2O5. The van der Waals surface area contributed by atoms with E-state index in [1.807, 2.05) is 24.3 Å². The second kappa shape index (κ2) is 15.9. The summed E-state index contributed by atoms with van der Waals surface area (Å²) in [7, 11) is 0. The normalized spacial score (nSPS) is 13.1. The van der Waals surface area contributed by atoms with Crippen LogP contribution in [0.15, 0.2) is 53.5 Å². The summed E-state index contributed by atoms with van der Waals surface area (Å²) in [4.78, 5) is 38.7. The third-order valence-corrected chi connectivity index (χ3v) is 5.15. The zero-order valence-corrected chi connectivity index (χ0v) is 24.3. The van der Waals surface area contributed by atoms with Gasteiger partial charge in [0.15, 0.2) is 5.96 Å². The Hall–Kier alpha value is -1.92. The fourth-order valence-electron chi connectivity index (χ4n) is 3.18. The van der Waals surface area contributed by atoms with Gasteiger partial charge in [-0.15, -0.1) is 0 Å². The van der Waals surface area contributed by atoms with Crippen LogP contribution >= 0.6 is 0 Å². The van der Waals surface area contributed by atoms with E-state index in [2.05, 4.69) is 4.99 Å². The SMILES string of the molecule is CC(C(=O)[O-])c1ccc(N2Cc3ccccc3C2=O)cc1.NC(N)=NCCC[C@H](N)C(=O)[O-].[Na+].[Na+]. The van der Waals surface area contributed by atoms with Crippen molar-refractivity contribution in [3.05, 3.63) is 65.2 Å². The zero-order valence-electron chi connectivity index (χ0n) is 20.3. The summed E-state index contributed by atoms with van der Waals surface area (Å²) in [5.41, 5.74) is 18.4. The van der Waals surface area contributed by atoms with Crippen LogP contribution in [0.1, 0.15) is 47.2 Å². The number of aliphatic carboxylic acids is 2. The quantitative estimate of drug-likeness (QED) is 0.138. The molecule has 0 radical (unpaired) electrons. The number of carbonyl (C=O) groups excluding carboxylic acids is 3. The molecule has 2 aromatic carbocycles. The summed E-state index contributed by atoms with van der Waals surface area (Å²) in [5, 5.41) is 21.0. The van der Waals surface area contributed by atoms with E-state index in [-0.39, 0.29) is 71.0 Å². The van der Waals surface area contributed by atoms with Crippen molar-refractivity contribution in [2.45, 2.75) is 38.3 Å². The predicted octanol–water partition coefficient (Wildman–Crippen LogP) is -7.17. The van der Waals surface area contributed by atoms with Gasteiger partial charge < -0.3 is 41.9 Å². The number of hydrogen-bond donors (Lipinski definition) is 3. The van der Waals surface area contributed by atoms with Crippen LogP contribution in [0.4, 0.5) is 5.69 Å². The van der Waals surface area contributed by atoms with Crippen LogP contribution < -0.4 is 91.4 Å². The van der Waals surface area contributed by atoms with Crippen LogP contribution in [-0.2, 0) is 16.1 Å². The van der Waals surface area contributed by atoms with E-state index in [1.165, 1.54) is 0 Å². The van der Waals surface area contributed by atoms with E-state index in [0.717, 1.165) is 16.8 Å². The summed E-state index contributed by atoms with van der Waals surface area (Å²) >= 11 is 0. The molecule has 3 rings (SSSR count). The van der Waals surface area contributed by atoms with E-state index in [0.29, 0.717) is 31.5 Å². The number of amides is 1. The Morgan fingerprint density at radius 1 is 1.03 bits per heavy atom. The first-order chi connectivity index (χ1) is 15.6. The first kappa shape index (κ1) is 33.1. The van der Waals surface area contributed by atoms with Crippen molar-refractivity contribution in [3.63, 3.8) is 0 Å². The molecule has 2 aromatic rings. The van der Waals surface area contributed by atoms with Gasteiger partial charge in [0.1, 0.15) is 0 Å². The molecule has 0 bridgehead atoms. The maximum absolute atomic E-state index is 12.3. The molecule has 0 saturated heterocycles. The topological polar surface area (TPSA) is 191 Å². The summed E-state index contributed by atoms with van der Waals surface area (Å²) in [6.45, 7) is 2.52. The first-order valence-electron chi connectivity index (χ1n) is 10.3. The molecule has 0 saturated carbocycles. The van der Waals surface area contributed by atoms with Crippen LogP contribution in [0, 0.1) is 0 Å². The van der Waals surface area contributed by atoms with Gasteiger partial charge in [-0.1, -0.05) is 37.3 Å². The van der Waals surface area contributed by atoms with Crippen molar-refractivity contribution in [3.8, 4) is 0 Å². The summed E-state index contributed by atoms with van der Waals surface area (Å²) in [5.74, 6) is -3.04. The van der Waals surface area contributed by atoms with Crippen LogP contribution in [0.25, 0.3) is 0 Å². The average molecular weight is 499 g/mol. The fourth-order valence-corrected chi connectivity index (χ4v) is 3.18.